The van der Waals surface area contributed by atoms with Crippen molar-refractivity contribution in [2.24, 2.45) is 0 Å². The Bertz CT molecular complexity index is 664. The first kappa shape index (κ1) is 20.8. The second-order valence-corrected chi connectivity index (χ2v) is 7.84. The summed E-state index contributed by atoms with van der Waals surface area (Å²) in [4.78, 5) is 19.3. The predicted molar refractivity (Wildman–Crippen MR) is 93.0 cm³/mol. The van der Waals surface area contributed by atoms with Gasteiger partial charge in [-0.1, -0.05) is 0 Å². The normalized spacial score (nSPS) is 18.8. The molecule has 1 unspecified atom stereocenters. The first-order valence-electron chi connectivity index (χ1n) is 8.00. The number of ether oxygens (including phenoxy) is 1. The van der Waals surface area contributed by atoms with Crippen LogP contribution in [0.2, 0.25) is 0 Å². The Balaban J connectivity index is 2.16. The van der Waals surface area contributed by atoms with Crippen LogP contribution in [0.4, 0.5) is 23.8 Å². The maximum atomic E-state index is 12.8. The molecule has 1 atom stereocenters. The van der Waals surface area contributed by atoms with Gasteiger partial charge in [-0.2, -0.15) is 13.2 Å². The van der Waals surface area contributed by atoms with Crippen LogP contribution >= 0.6 is 15.9 Å². The number of rotatable bonds is 2. The monoisotopic (exact) mass is 439 g/mol. The van der Waals surface area contributed by atoms with Crippen LogP contribution in [0.3, 0.4) is 0 Å². The molecule has 1 aromatic heterocycles. The molecule has 1 aliphatic rings. The lowest BCUT2D eigenvalue weighted by Crippen LogP contribution is -2.57. The van der Waals surface area contributed by atoms with Crippen LogP contribution < -0.4 is 4.90 Å². The van der Waals surface area contributed by atoms with Crippen LogP contribution in [0.15, 0.2) is 16.7 Å². The molecule has 0 bridgehead atoms. The van der Waals surface area contributed by atoms with E-state index in [0.29, 0.717) is 18.9 Å². The van der Waals surface area contributed by atoms with Gasteiger partial charge in [0.1, 0.15) is 11.4 Å². The SMILES string of the molecule is CC(C)(C)OC(=O)N1CCN(c2ncc(C(F)(F)F)cc2Br)C(CO)C1. The van der Waals surface area contributed by atoms with Crippen LogP contribution in [0.25, 0.3) is 0 Å². The largest absolute Gasteiger partial charge is 0.444 e. The molecule has 1 amide bonds. The van der Waals surface area contributed by atoms with Crippen molar-refractivity contribution in [3.63, 3.8) is 0 Å². The Morgan fingerprint density at radius 2 is 2.04 bits per heavy atom. The summed E-state index contributed by atoms with van der Waals surface area (Å²) in [5, 5.41) is 9.69. The van der Waals surface area contributed by atoms with E-state index < -0.39 is 29.5 Å². The number of aromatic nitrogens is 1. The van der Waals surface area contributed by atoms with Crippen LogP contribution in [0.1, 0.15) is 26.3 Å². The van der Waals surface area contributed by atoms with E-state index in [-0.39, 0.29) is 17.6 Å². The number of carbonyl (C=O) groups is 1. The van der Waals surface area contributed by atoms with E-state index in [1.54, 1.807) is 25.7 Å². The number of aliphatic hydroxyl groups is 1. The van der Waals surface area contributed by atoms with Gasteiger partial charge in [-0.25, -0.2) is 9.78 Å². The fraction of sp³-hybridized carbons (Fsp3) is 0.625. The smallest absolute Gasteiger partial charge is 0.417 e. The topological polar surface area (TPSA) is 65.9 Å². The minimum atomic E-state index is -4.49. The second kappa shape index (κ2) is 7.59. The van der Waals surface area contributed by atoms with Crippen molar-refractivity contribution in [3.8, 4) is 0 Å². The Labute approximate surface area is 158 Å². The highest BCUT2D eigenvalue weighted by molar-refractivity contribution is 9.10. The molecule has 1 aromatic rings. The quantitative estimate of drug-likeness (QED) is 0.765. The van der Waals surface area contributed by atoms with E-state index in [0.717, 1.165) is 12.3 Å². The van der Waals surface area contributed by atoms with Crippen molar-refractivity contribution >= 4 is 27.8 Å². The van der Waals surface area contributed by atoms with Crippen LogP contribution in [-0.2, 0) is 10.9 Å². The van der Waals surface area contributed by atoms with Crippen LogP contribution in [-0.4, -0.2) is 59.0 Å². The minimum Gasteiger partial charge on any atom is -0.444 e. The number of carbonyl (C=O) groups excluding carboxylic acids is 1. The molecule has 2 heterocycles. The molecule has 2 rings (SSSR count). The molecule has 0 radical (unpaired) electrons. The third kappa shape index (κ3) is 5.00. The summed E-state index contributed by atoms with van der Waals surface area (Å²) < 4.78 is 43.9. The lowest BCUT2D eigenvalue weighted by Gasteiger charge is -2.41. The zero-order valence-corrected chi connectivity index (χ0v) is 16.3. The number of hydrogen-bond acceptors (Lipinski definition) is 5. The van der Waals surface area contributed by atoms with Crippen molar-refractivity contribution < 1.29 is 27.8 Å². The van der Waals surface area contributed by atoms with Crippen molar-refractivity contribution in [1.29, 1.82) is 0 Å². The zero-order chi connectivity index (χ0) is 19.7. The van der Waals surface area contributed by atoms with E-state index in [2.05, 4.69) is 20.9 Å². The molecular weight excluding hydrogens is 419 g/mol. The van der Waals surface area contributed by atoms with Gasteiger partial charge in [-0.05, 0) is 42.8 Å². The second-order valence-electron chi connectivity index (χ2n) is 6.98. The van der Waals surface area contributed by atoms with Crippen molar-refractivity contribution in [3.05, 3.63) is 22.3 Å². The number of halogens is 4. The Hall–Kier alpha value is -1.55. The number of alkyl halides is 3. The average molecular weight is 440 g/mol. The van der Waals surface area contributed by atoms with E-state index in [9.17, 15) is 23.1 Å². The molecule has 1 saturated heterocycles. The van der Waals surface area contributed by atoms with Crippen molar-refractivity contribution in [2.45, 2.75) is 38.6 Å². The van der Waals surface area contributed by atoms with Crippen molar-refractivity contribution in [1.82, 2.24) is 9.88 Å². The van der Waals surface area contributed by atoms with Crippen LogP contribution in [0, 0.1) is 0 Å². The number of hydrogen-bond donors (Lipinski definition) is 1. The Morgan fingerprint density at radius 1 is 1.38 bits per heavy atom. The summed E-state index contributed by atoms with van der Waals surface area (Å²) in [5.74, 6) is 0.292. The summed E-state index contributed by atoms with van der Waals surface area (Å²) >= 11 is 3.12. The third-order valence-electron chi connectivity index (χ3n) is 3.77. The molecule has 1 aliphatic heterocycles. The van der Waals surface area contributed by atoms with Gasteiger partial charge in [-0.3, -0.25) is 0 Å². The van der Waals surface area contributed by atoms with E-state index in [1.165, 1.54) is 4.90 Å². The number of anilines is 1. The maximum Gasteiger partial charge on any atom is 0.417 e. The maximum absolute atomic E-state index is 12.8. The molecular formula is C16H21BrF3N3O3. The van der Waals surface area contributed by atoms with E-state index in [4.69, 9.17) is 4.74 Å². The molecule has 10 heteroatoms. The summed E-state index contributed by atoms with van der Waals surface area (Å²) in [6.45, 7) is 5.78. The van der Waals surface area contributed by atoms with Gasteiger partial charge in [0.25, 0.3) is 0 Å². The number of piperazine rings is 1. The minimum absolute atomic E-state index is 0.177. The highest BCUT2D eigenvalue weighted by Gasteiger charge is 2.35. The molecule has 1 fully saturated rings. The zero-order valence-electron chi connectivity index (χ0n) is 14.7. The summed E-state index contributed by atoms with van der Waals surface area (Å²) in [5.41, 5.74) is -1.50. The molecule has 146 valence electrons. The van der Waals surface area contributed by atoms with Gasteiger partial charge < -0.3 is 19.6 Å². The lowest BCUT2D eigenvalue weighted by molar-refractivity contribution is -0.137. The summed E-state index contributed by atoms with van der Waals surface area (Å²) in [7, 11) is 0. The molecule has 26 heavy (non-hydrogen) atoms. The van der Waals surface area contributed by atoms with Gasteiger partial charge >= 0.3 is 12.3 Å². The standard InChI is InChI=1S/C16H21BrF3N3O3/c1-15(2,3)26-14(25)22-4-5-23(11(8-22)9-24)13-12(17)6-10(7-21-13)16(18,19)20/h6-7,11,24H,4-5,8-9H2,1-3H3. The summed E-state index contributed by atoms with van der Waals surface area (Å²) in [6.07, 6.45) is -4.22. The van der Waals surface area contributed by atoms with Crippen molar-refractivity contribution in [2.75, 3.05) is 31.1 Å². The first-order valence-corrected chi connectivity index (χ1v) is 8.80. The highest BCUT2D eigenvalue weighted by atomic mass is 79.9. The molecule has 0 aliphatic carbocycles. The molecule has 0 saturated carbocycles. The average Bonchev–Trinajstić information content (AvgIpc) is 2.51. The molecule has 0 spiro atoms. The third-order valence-corrected chi connectivity index (χ3v) is 4.35. The molecule has 1 N–H and O–H groups in total. The Kier molecular flexibility index (Phi) is 6.06. The fourth-order valence-corrected chi connectivity index (χ4v) is 3.16. The van der Waals surface area contributed by atoms with E-state index >= 15 is 0 Å². The number of nitrogens with zero attached hydrogens (tertiary/aromatic N) is 3. The van der Waals surface area contributed by atoms with Gasteiger partial charge in [0.15, 0.2) is 0 Å². The van der Waals surface area contributed by atoms with E-state index in [1.807, 2.05) is 0 Å². The lowest BCUT2D eigenvalue weighted by atomic mass is 10.1. The molecule has 6 nitrogen and oxygen atoms in total. The molecule has 0 aromatic carbocycles. The highest BCUT2D eigenvalue weighted by Crippen LogP contribution is 2.34. The first-order chi connectivity index (χ1) is 11.9. The van der Waals surface area contributed by atoms with Gasteiger partial charge in [0.2, 0.25) is 0 Å². The van der Waals surface area contributed by atoms with Crippen LogP contribution in [0.5, 0.6) is 0 Å². The number of pyridine rings is 1. The van der Waals surface area contributed by atoms with Gasteiger partial charge in [0.05, 0.1) is 22.7 Å². The predicted octanol–water partition coefficient (Wildman–Crippen LogP) is 3.28. The number of aliphatic hydroxyl groups excluding tert-OH is 1. The summed E-state index contributed by atoms with van der Waals surface area (Å²) in [6, 6.07) is 0.452. The van der Waals surface area contributed by atoms with Gasteiger partial charge in [0, 0.05) is 25.8 Å². The Morgan fingerprint density at radius 3 is 2.54 bits per heavy atom. The van der Waals surface area contributed by atoms with Gasteiger partial charge in [-0.15, -0.1) is 0 Å². The fourth-order valence-electron chi connectivity index (χ4n) is 2.58. The number of amides is 1.